The van der Waals surface area contributed by atoms with E-state index >= 15 is 0 Å². The maximum atomic E-state index is 12.6. The van der Waals surface area contributed by atoms with E-state index in [1.54, 1.807) is 19.1 Å². The normalized spacial score (nSPS) is 12.0. The molecule has 0 fully saturated rings. The smallest absolute Gasteiger partial charge is 0.251 e. The predicted octanol–water partition coefficient (Wildman–Crippen LogP) is 3.08. The first-order chi connectivity index (χ1) is 12.5. The number of aryl methyl sites for hydroxylation is 2. The Morgan fingerprint density at radius 3 is 2.77 bits per heavy atom. The summed E-state index contributed by atoms with van der Waals surface area (Å²) in [5.41, 5.74) is 9.01. The Morgan fingerprint density at radius 1 is 1.27 bits per heavy atom. The van der Waals surface area contributed by atoms with Crippen molar-refractivity contribution in [1.29, 1.82) is 0 Å². The highest BCUT2D eigenvalue weighted by atomic mass is 16.5. The molecule has 2 heterocycles. The van der Waals surface area contributed by atoms with Gasteiger partial charge in [0, 0.05) is 23.2 Å². The van der Waals surface area contributed by atoms with Crippen molar-refractivity contribution in [2.45, 2.75) is 33.2 Å². The third-order valence-corrected chi connectivity index (χ3v) is 4.02. The van der Waals surface area contributed by atoms with Crippen LogP contribution in [0.15, 0.2) is 40.9 Å². The highest BCUT2D eigenvalue weighted by Gasteiger charge is 2.17. The average molecular weight is 351 g/mol. The quantitative estimate of drug-likeness (QED) is 0.731. The van der Waals surface area contributed by atoms with Crippen LogP contribution in [-0.2, 0) is 6.42 Å². The monoisotopic (exact) mass is 351 g/mol. The molecule has 3 N–H and O–H groups in total. The minimum absolute atomic E-state index is 0.228. The Hall–Kier alpha value is -3.22. The number of nitrogens with two attached hydrogens (primary N) is 1. The standard InChI is InChI=1S/C19H21N5O2/c1-4-16-23-19(26-24-16)12(3)22-18(25)14-7-5-6-13(10-14)15-9-8-11(2)21-17(15)20/h5-10,12H,4H2,1-3H3,(H2,20,21)(H,22,25)/t12-/m1/s1. The van der Waals surface area contributed by atoms with E-state index in [1.807, 2.05) is 38.1 Å². The van der Waals surface area contributed by atoms with E-state index in [4.69, 9.17) is 10.3 Å². The van der Waals surface area contributed by atoms with Gasteiger partial charge >= 0.3 is 0 Å². The van der Waals surface area contributed by atoms with E-state index in [0.29, 0.717) is 29.5 Å². The molecule has 1 amide bonds. The molecule has 0 saturated heterocycles. The number of rotatable bonds is 5. The van der Waals surface area contributed by atoms with Crippen LogP contribution in [0.5, 0.6) is 0 Å². The van der Waals surface area contributed by atoms with Crippen molar-refractivity contribution in [3.63, 3.8) is 0 Å². The molecule has 0 aliphatic carbocycles. The highest BCUT2D eigenvalue weighted by Crippen LogP contribution is 2.25. The summed E-state index contributed by atoms with van der Waals surface area (Å²) in [5.74, 6) is 1.21. The fourth-order valence-corrected chi connectivity index (χ4v) is 2.58. The number of carbonyl (C=O) groups is 1. The Morgan fingerprint density at radius 2 is 2.08 bits per heavy atom. The molecule has 0 unspecified atom stereocenters. The maximum Gasteiger partial charge on any atom is 0.251 e. The molecule has 7 heteroatoms. The zero-order chi connectivity index (χ0) is 18.7. The molecule has 1 atom stereocenters. The van der Waals surface area contributed by atoms with Gasteiger partial charge in [-0.2, -0.15) is 4.98 Å². The van der Waals surface area contributed by atoms with E-state index in [-0.39, 0.29) is 11.9 Å². The van der Waals surface area contributed by atoms with Crippen LogP contribution in [0.1, 0.15) is 47.7 Å². The molecule has 1 aromatic carbocycles. The van der Waals surface area contributed by atoms with Crippen molar-refractivity contribution in [2.24, 2.45) is 0 Å². The van der Waals surface area contributed by atoms with E-state index in [9.17, 15) is 4.79 Å². The Bertz CT molecular complexity index is 935. The van der Waals surface area contributed by atoms with Crippen molar-refractivity contribution in [1.82, 2.24) is 20.4 Å². The Kier molecular flexibility index (Phi) is 4.97. The lowest BCUT2D eigenvalue weighted by molar-refractivity contribution is 0.0932. The molecule has 3 aromatic rings. The summed E-state index contributed by atoms with van der Waals surface area (Å²) < 4.78 is 5.17. The Balaban J connectivity index is 1.79. The minimum atomic E-state index is -0.384. The number of hydrogen-bond donors (Lipinski definition) is 2. The zero-order valence-corrected chi connectivity index (χ0v) is 15.0. The summed E-state index contributed by atoms with van der Waals surface area (Å²) in [5, 5.41) is 6.72. The highest BCUT2D eigenvalue weighted by molar-refractivity contribution is 5.96. The molecule has 0 saturated carbocycles. The number of anilines is 1. The van der Waals surface area contributed by atoms with Gasteiger partial charge in [0.2, 0.25) is 5.89 Å². The van der Waals surface area contributed by atoms with Gasteiger partial charge in [0.25, 0.3) is 5.91 Å². The van der Waals surface area contributed by atoms with Crippen LogP contribution in [0.4, 0.5) is 5.82 Å². The topological polar surface area (TPSA) is 107 Å². The average Bonchev–Trinajstić information content (AvgIpc) is 3.11. The fraction of sp³-hybridized carbons (Fsp3) is 0.263. The first kappa shape index (κ1) is 17.6. The van der Waals surface area contributed by atoms with Crippen molar-refractivity contribution >= 4 is 11.7 Å². The third-order valence-electron chi connectivity index (χ3n) is 4.02. The molecule has 0 aliphatic heterocycles. The van der Waals surface area contributed by atoms with Gasteiger partial charge in [0.1, 0.15) is 11.9 Å². The van der Waals surface area contributed by atoms with Gasteiger partial charge in [0.15, 0.2) is 5.82 Å². The molecule has 3 rings (SSSR count). The molecule has 0 aliphatic rings. The summed E-state index contributed by atoms with van der Waals surface area (Å²) >= 11 is 0. The summed E-state index contributed by atoms with van der Waals surface area (Å²) in [6.45, 7) is 5.62. The van der Waals surface area contributed by atoms with E-state index < -0.39 is 0 Å². The lowest BCUT2D eigenvalue weighted by Crippen LogP contribution is -2.26. The van der Waals surface area contributed by atoms with Crippen LogP contribution < -0.4 is 11.1 Å². The molecule has 0 radical (unpaired) electrons. The van der Waals surface area contributed by atoms with E-state index in [0.717, 1.165) is 16.8 Å². The Labute approximate surface area is 151 Å². The number of aromatic nitrogens is 3. The number of amides is 1. The molecule has 2 aromatic heterocycles. The molecular formula is C19H21N5O2. The van der Waals surface area contributed by atoms with Crippen molar-refractivity contribution < 1.29 is 9.32 Å². The molecule has 0 spiro atoms. The van der Waals surface area contributed by atoms with Gasteiger partial charge in [-0.1, -0.05) is 24.2 Å². The zero-order valence-electron chi connectivity index (χ0n) is 15.0. The van der Waals surface area contributed by atoms with Gasteiger partial charge in [-0.15, -0.1) is 0 Å². The molecular weight excluding hydrogens is 330 g/mol. The van der Waals surface area contributed by atoms with Crippen molar-refractivity contribution in [3.8, 4) is 11.1 Å². The van der Waals surface area contributed by atoms with Gasteiger partial charge in [0.05, 0.1) is 0 Å². The second-order valence-electron chi connectivity index (χ2n) is 6.06. The third kappa shape index (κ3) is 3.72. The van der Waals surface area contributed by atoms with Crippen molar-refractivity contribution in [2.75, 3.05) is 5.73 Å². The van der Waals surface area contributed by atoms with Crippen LogP contribution in [0.2, 0.25) is 0 Å². The van der Waals surface area contributed by atoms with Crippen LogP contribution in [-0.4, -0.2) is 21.0 Å². The van der Waals surface area contributed by atoms with Crippen LogP contribution in [0, 0.1) is 6.92 Å². The predicted molar refractivity (Wildman–Crippen MR) is 98.4 cm³/mol. The lowest BCUT2D eigenvalue weighted by Gasteiger charge is -2.11. The number of nitrogens with zero attached hydrogens (tertiary/aromatic N) is 3. The van der Waals surface area contributed by atoms with Gasteiger partial charge in [-0.3, -0.25) is 4.79 Å². The van der Waals surface area contributed by atoms with Crippen LogP contribution in [0.3, 0.4) is 0 Å². The molecule has 134 valence electrons. The second kappa shape index (κ2) is 7.35. The van der Waals surface area contributed by atoms with Crippen LogP contribution in [0.25, 0.3) is 11.1 Å². The molecule has 7 nitrogen and oxygen atoms in total. The molecule has 0 bridgehead atoms. The van der Waals surface area contributed by atoms with E-state index in [2.05, 4.69) is 20.4 Å². The summed E-state index contributed by atoms with van der Waals surface area (Å²) in [4.78, 5) is 21.1. The largest absolute Gasteiger partial charge is 0.383 e. The number of benzene rings is 1. The first-order valence-electron chi connectivity index (χ1n) is 8.44. The van der Waals surface area contributed by atoms with Gasteiger partial charge < -0.3 is 15.6 Å². The van der Waals surface area contributed by atoms with Gasteiger partial charge in [-0.25, -0.2) is 4.98 Å². The van der Waals surface area contributed by atoms with Crippen molar-refractivity contribution in [3.05, 3.63) is 59.4 Å². The second-order valence-corrected chi connectivity index (χ2v) is 6.06. The summed E-state index contributed by atoms with van der Waals surface area (Å²) in [7, 11) is 0. The van der Waals surface area contributed by atoms with Crippen LogP contribution >= 0.6 is 0 Å². The number of pyridine rings is 1. The van der Waals surface area contributed by atoms with Gasteiger partial charge in [-0.05, 0) is 43.7 Å². The number of hydrogen-bond acceptors (Lipinski definition) is 6. The lowest BCUT2D eigenvalue weighted by atomic mass is 10.0. The number of nitrogen functional groups attached to an aromatic ring is 1. The van der Waals surface area contributed by atoms with E-state index in [1.165, 1.54) is 0 Å². The number of carbonyl (C=O) groups excluding carboxylic acids is 1. The minimum Gasteiger partial charge on any atom is -0.383 e. The summed E-state index contributed by atoms with van der Waals surface area (Å²) in [6.07, 6.45) is 0.679. The maximum absolute atomic E-state index is 12.6. The molecule has 26 heavy (non-hydrogen) atoms. The first-order valence-corrected chi connectivity index (χ1v) is 8.44. The summed E-state index contributed by atoms with van der Waals surface area (Å²) in [6, 6.07) is 10.7. The SMILES string of the molecule is CCc1noc([C@@H](C)NC(=O)c2cccc(-c3ccc(C)nc3N)c2)n1. The number of nitrogens with one attached hydrogen (secondary N) is 1. The fourth-order valence-electron chi connectivity index (χ4n) is 2.58.